The Balaban J connectivity index is 2.14. The van der Waals surface area contributed by atoms with E-state index in [1.807, 2.05) is 20.3 Å². The second-order valence-corrected chi connectivity index (χ2v) is 2.93. The summed E-state index contributed by atoms with van der Waals surface area (Å²) in [5.74, 6) is 0. The first kappa shape index (κ1) is 6.48. The van der Waals surface area contributed by atoms with Gasteiger partial charge in [0.1, 0.15) is 12.7 Å². The number of hydrogen-bond acceptors (Lipinski definition) is 3. The van der Waals surface area contributed by atoms with Gasteiger partial charge in [-0.3, -0.25) is 7.94 Å². The third-order valence-corrected chi connectivity index (χ3v) is 1.96. The van der Waals surface area contributed by atoms with Crippen LogP contribution in [-0.4, -0.2) is 17.9 Å². The Labute approximate surface area is 68.2 Å². The highest BCUT2D eigenvalue weighted by Crippen LogP contribution is 2.06. The number of nitrogens with zero attached hydrogens (tertiary/aromatic N) is 4. The molecule has 0 aliphatic heterocycles. The van der Waals surface area contributed by atoms with Crippen molar-refractivity contribution in [3.63, 3.8) is 0 Å². The van der Waals surface area contributed by atoms with Gasteiger partial charge >= 0.3 is 0 Å². The van der Waals surface area contributed by atoms with Gasteiger partial charge in [-0.05, 0) is 0 Å². The third kappa shape index (κ3) is 1.43. The second kappa shape index (κ2) is 2.79. The fourth-order valence-corrected chi connectivity index (χ4v) is 1.33. The van der Waals surface area contributed by atoms with E-state index in [0.717, 1.165) is 0 Å². The van der Waals surface area contributed by atoms with Gasteiger partial charge in [0.05, 0.1) is 12.1 Å². The molecule has 0 spiro atoms. The predicted octanol–water partition coefficient (Wildman–Crippen LogP) is 1.04. The molecular formula is C6H6N4S. The van der Waals surface area contributed by atoms with Crippen LogP contribution in [0.2, 0.25) is 0 Å². The first-order valence-corrected chi connectivity index (χ1v) is 3.83. The van der Waals surface area contributed by atoms with E-state index in [1.54, 1.807) is 25.0 Å². The highest BCUT2D eigenvalue weighted by molar-refractivity contribution is 7.96. The van der Waals surface area contributed by atoms with E-state index in [2.05, 4.69) is 9.97 Å². The van der Waals surface area contributed by atoms with Crippen LogP contribution >= 0.6 is 12.1 Å². The molecule has 2 aromatic heterocycles. The molecule has 0 fully saturated rings. The summed E-state index contributed by atoms with van der Waals surface area (Å²) >= 11 is 1.51. The molecule has 4 nitrogen and oxygen atoms in total. The predicted molar refractivity (Wildman–Crippen MR) is 42.8 cm³/mol. The van der Waals surface area contributed by atoms with Crippen molar-refractivity contribution in [1.29, 1.82) is 0 Å². The van der Waals surface area contributed by atoms with E-state index in [0.29, 0.717) is 0 Å². The summed E-state index contributed by atoms with van der Waals surface area (Å²) in [4.78, 5) is 7.82. The third-order valence-electron chi connectivity index (χ3n) is 1.15. The molecule has 56 valence electrons. The Bertz CT molecular complexity index is 267. The van der Waals surface area contributed by atoms with Crippen LogP contribution in [0.15, 0.2) is 37.4 Å². The van der Waals surface area contributed by atoms with Gasteiger partial charge in [0.15, 0.2) is 0 Å². The number of hydrogen-bond donors (Lipinski definition) is 0. The van der Waals surface area contributed by atoms with Gasteiger partial charge < -0.3 is 0 Å². The molecule has 5 heteroatoms. The van der Waals surface area contributed by atoms with Crippen molar-refractivity contribution < 1.29 is 0 Å². The van der Waals surface area contributed by atoms with Crippen LogP contribution in [0.5, 0.6) is 0 Å². The maximum Gasteiger partial charge on any atom is 0.106 e. The Morgan fingerprint density at radius 1 is 0.909 bits per heavy atom. The molecule has 0 aliphatic carbocycles. The minimum absolute atomic E-state index is 1.51. The summed E-state index contributed by atoms with van der Waals surface area (Å²) in [6.07, 6.45) is 10.7. The summed E-state index contributed by atoms with van der Waals surface area (Å²) < 4.78 is 3.78. The molecule has 0 atom stereocenters. The number of aromatic nitrogens is 4. The molecule has 0 unspecified atom stereocenters. The molecule has 0 aromatic carbocycles. The van der Waals surface area contributed by atoms with Gasteiger partial charge in [0.2, 0.25) is 0 Å². The summed E-state index contributed by atoms with van der Waals surface area (Å²) in [5.41, 5.74) is 0. The SMILES string of the molecule is c1cn(Sn2ccnc2)cn1. The maximum absolute atomic E-state index is 3.91. The Hall–Kier alpha value is -1.23. The average molecular weight is 166 g/mol. The van der Waals surface area contributed by atoms with Crippen molar-refractivity contribution in [1.82, 2.24) is 17.9 Å². The molecular weight excluding hydrogens is 160 g/mol. The smallest absolute Gasteiger partial charge is 0.106 e. The second-order valence-electron chi connectivity index (χ2n) is 1.93. The van der Waals surface area contributed by atoms with Crippen LogP contribution in [0, 0.1) is 0 Å². The van der Waals surface area contributed by atoms with Gasteiger partial charge in [-0.2, -0.15) is 0 Å². The monoisotopic (exact) mass is 166 g/mol. The minimum Gasteiger partial charge on any atom is -0.262 e. The van der Waals surface area contributed by atoms with E-state index in [9.17, 15) is 0 Å². The lowest BCUT2D eigenvalue weighted by Crippen LogP contribution is -1.87. The van der Waals surface area contributed by atoms with Crippen LogP contribution in [0.3, 0.4) is 0 Å². The standard InChI is InChI=1S/C6H6N4S/c1-3-9(5-7-1)11-10-4-2-8-6-10/h1-6H. The normalized spacial score (nSPS) is 10.2. The van der Waals surface area contributed by atoms with E-state index in [-0.39, 0.29) is 0 Å². The zero-order valence-electron chi connectivity index (χ0n) is 5.66. The first-order chi connectivity index (χ1) is 5.45. The highest BCUT2D eigenvalue weighted by atomic mass is 32.2. The maximum atomic E-state index is 3.91. The van der Waals surface area contributed by atoms with E-state index >= 15 is 0 Å². The summed E-state index contributed by atoms with van der Waals surface area (Å²) in [7, 11) is 0. The molecule has 0 bridgehead atoms. The largest absolute Gasteiger partial charge is 0.262 e. The highest BCUT2D eigenvalue weighted by Gasteiger charge is 1.91. The lowest BCUT2D eigenvalue weighted by Gasteiger charge is -1.97. The van der Waals surface area contributed by atoms with Crippen molar-refractivity contribution >= 4 is 12.1 Å². The zero-order valence-corrected chi connectivity index (χ0v) is 6.48. The van der Waals surface area contributed by atoms with Crippen molar-refractivity contribution in [3.8, 4) is 0 Å². The number of rotatable bonds is 2. The minimum atomic E-state index is 1.51. The average Bonchev–Trinajstić information content (AvgIpc) is 2.60. The molecule has 0 N–H and O–H groups in total. The first-order valence-electron chi connectivity index (χ1n) is 3.10. The number of imidazole rings is 2. The van der Waals surface area contributed by atoms with Gasteiger partial charge in [-0.1, -0.05) is 0 Å². The molecule has 11 heavy (non-hydrogen) atoms. The molecule has 2 aromatic rings. The van der Waals surface area contributed by atoms with E-state index in [1.165, 1.54) is 12.1 Å². The van der Waals surface area contributed by atoms with Gasteiger partial charge in [0, 0.05) is 24.8 Å². The van der Waals surface area contributed by atoms with Gasteiger partial charge in [-0.15, -0.1) is 0 Å². The molecule has 2 rings (SSSR count). The van der Waals surface area contributed by atoms with Crippen molar-refractivity contribution in [2.75, 3.05) is 0 Å². The van der Waals surface area contributed by atoms with Crippen LogP contribution in [0.4, 0.5) is 0 Å². The van der Waals surface area contributed by atoms with Crippen LogP contribution in [0.25, 0.3) is 0 Å². The molecule has 0 radical (unpaired) electrons. The molecule has 0 saturated carbocycles. The molecule has 0 aliphatic rings. The van der Waals surface area contributed by atoms with E-state index in [4.69, 9.17) is 0 Å². The lowest BCUT2D eigenvalue weighted by molar-refractivity contribution is 1.16. The molecule has 0 saturated heterocycles. The Morgan fingerprint density at radius 3 is 1.82 bits per heavy atom. The van der Waals surface area contributed by atoms with E-state index < -0.39 is 0 Å². The summed E-state index contributed by atoms with van der Waals surface area (Å²) in [6.45, 7) is 0. The Kier molecular flexibility index (Phi) is 1.64. The lowest BCUT2D eigenvalue weighted by atomic mass is 11.0. The van der Waals surface area contributed by atoms with Crippen molar-refractivity contribution in [2.45, 2.75) is 0 Å². The van der Waals surface area contributed by atoms with Crippen LogP contribution < -0.4 is 0 Å². The molecule has 0 amide bonds. The topological polar surface area (TPSA) is 35.6 Å². The van der Waals surface area contributed by atoms with Crippen molar-refractivity contribution in [2.24, 2.45) is 0 Å². The Morgan fingerprint density at radius 2 is 1.45 bits per heavy atom. The van der Waals surface area contributed by atoms with Gasteiger partial charge in [-0.25, -0.2) is 9.97 Å². The quantitative estimate of drug-likeness (QED) is 0.668. The van der Waals surface area contributed by atoms with Crippen molar-refractivity contribution in [3.05, 3.63) is 37.4 Å². The fourth-order valence-electron chi connectivity index (χ4n) is 0.699. The molecule has 2 heterocycles. The fraction of sp³-hybridized carbons (Fsp3) is 0. The van der Waals surface area contributed by atoms with Crippen LogP contribution in [-0.2, 0) is 0 Å². The van der Waals surface area contributed by atoms with Gasteiger partial charge in [0.25, 0.3) is 0 Å². The van der Waals surface area contributed by atoms with Crippen LogP contribution in [0.1, 0.15) is 0 Å². The zero-order chi connectivity index (χ0) is 7.52. The summed E-state index contributed by atoms with van der Waals surface area (Å²) in [6, 6.07) is 0. The summed E-state index contributed by atoms with van der Waals surface area (Å²) in [5, 5.41) is 0.